The van der Waals surface area contributed by atoms with Crippen LogP contribution in [0.4, 0.5) is 17.6 Å². The van der Waals surface area contributed by atoms with Crippen LogP contribution >= 0.6 is 11.6 Å². The number of hydrogen-bond acceptors (Lipinski definition) is 5. The van der Waals surface area contributed by atoms with Gasteiger partial charge >= 0.3 is 11.9 Å². The van der Waals surface area contributed by atoms with E-state index >= 15 is 0 Å². The molecule has 1 N–H and O–H groups in total. The summed E-state index contributed by atoms with van der Waals surface area (Å²) in [6, 6.07) is 6.61. The summed E-state index contributed by atoms with van der Waals surface area (Å²) in [5.74, 6) is -1.36. The van der Waals surface area contributed by atoms with Crippen molar-refractivity contribution in [2.75, 3.05) is 7.11 Å². The molecule has 1 saturated carbocycles. The first-order chi connectivity index (χ1) is 19.1. The lowest BCUT2D eigenvalue weighted by Gasteiger charge is -2.29. The fourth-order valence-electron chi connectivity index (χ4n) is 5.18. The summed E-state index contributed by atoms with van der Waals surface area (Å²) in [6.07, 6.45) is 1.47. The van der Waals surface area contributed by atoms with Crippen molar-refractivity contribution in [1.29, 1.82) is 0 Å². The summed E-state index contributed by atoms with van der Waals surface area (Å²) in [6.45, 7) is 0.377. The van der Waals surface area contributed by atoms with Crippen LogP contribution in [0.15, 0.2) is 53.7 Å². The Kier molecular flexibility index (Phi) is 7.54. The average molecular weight is 578 g/mol. The molecule has 210 valence electrons. The van der Waals surface area contributed by atoms with Crippen LogP contribution in [-0.4, -0.2) is 38.2 Å². The second-order valence-corrected chi connectivity index (χ2v) is 10.1. The number of nitrogens with one attached hydrogen (secondary N) is 1. The Morgan fingerprint density at radius 3 is 2.55 bits per heavy atom. The van der Waals surface area contributed by atoms with Gasteiger partial charge in [-0.2, -0.15) is 13.2 Å². The molecule has 0 bridgehead atoms. The fraction of sp³-hybridized carbons (Fsp3) is 0.333. The summed E-state index contributed by atoms with van der Waals surface area (Å²) < 4.78 is 62.4. The average Bonchev–Trinajstić information content (AvgIpc) is 3.19. The molecule has 1 fully saturated rings. The zero-order chi connectivity index (χ0) is 28.6. The highest BCUT2D eigenvalue weighted by molar-refractivity contribution is 6.30. The predicted molar refractivity (Wildman–Crippen MR) is 139 cm³/mol. The molecule has 0 aliphatic heterocycles. The number of halogens is 5. The van der Waals surface area contributed by atoms with Crippen LogP contribution in [0, 0.1) is 11.7 Å². The largest absolute Gasteiger partial charge is 0.494 e. The van der Waals surface area contributed by atoms with Crippen molar-refractivity contribution in [3.8, 4) is 11.4 Å². The van der Waals surface area contributed by atoms with Gasteiger partial charge in [-0.3, -0.25) is 18.9 Å². The maximum atomic E-state index is 14.4. The van der Waals surface area contributed by atoms with E-state index in [2.05, 4.69) is 15.3 Å². The number of pyridine rings is 2. The van der Waals surface area contributed by atoms with Gasteiger partial charge in [0.1, 0.15) is 0 Å². The maximum absolute atomic E-state index is 14.4. The monoisotopic (exact) mass is 577 g/mol. The third-order valence-corrected chi connectivity index (χ3v) is 7.32. The lowest BCUT2D eigenvalue weighted by molar-refractivity contribution is -0.141. The number of methoxy groups -OCH3 is 1. The molecule has 0 radical (unpaired) electrons. The highest BCUT2D eigenvalue weighted by Crippen LogP contribution is 2.32. The molecule has 8 nitrogen and oxygen atoms in total. The van der Waals surface area contributed by atoms with E-state index in [1.807, 2.05) is 0 Å². The van der Waals surface area contributed by atoms with Crippen molar-refractivity contribution in [2.24, 2.45) is 5.92 Å². The third-order valence-electron chi connectivity index (χ3n) is 7.12. The smallest absolute Gasteiger partial charge is 0.434 e. The van der Waals surface area contributed by atoms with Crippen LogP contribution in [0.5, 0.6) is 5.75 Å². The molecule has 3 heterocycles. The molecular weight excluding hydrogens is 554 g/mol. The zero-order valence-corrected chi connectivity index (χ0v) is 22.0. The number of carbonyl (C=O) groups is 1. The quantitative estimate of drug-likeness (QED) is 0.310. The van der Waals surface area contributed by atoms with Crippen molar-refractivity contribution in [1.82, 2.24) is 24.4 Å². The fourth-order valence-corrected chi connectivity index (χ4v) is 5.33. The van der Waals surface area contributed by atoms with E-state index in [0.717, 1.165) is 12.3 Å². The first kappa shape index (κ1) is 27.6. The minimum Gasteiger partial charge on any atom is -0.494 e. The number of fused-ring (bicyclic) bond motifs is 1. The van der Waals surface area contributed by atoms with Crippen molar-refractivity contribution in [3.05, 3.63) is 81.5 Å². The van der Waals surface area contributed by atoms with E-state index in [-0.39, 0.29) is 28.4 Å². The van der Waals surface area contributed by atoms with Gasteiger partial charge in [0.15, 0.2) is 17.3 Å². The summed E-state index contributed by atoms with van der Waals surface area (Å²) in [5.41, 5.74) is -0.764. The van der Waals surface area contributed by atoms with E-state index in [9.17, 15) is 27.2 Å². The SMILES string of the molecule is COc1ccc(-n2c(=O)n(CC3CCC(NC(=O)c4cc(Cl)cnc4C(F)(F)F)CC3)c3ccncc32)cc1F. The van der Waals surface area contributed by atoms with Crippen LogP contribution in [0.25, 0.3) is 16.7 Å². The lowest BCUT2D eigenvalue weighted by Crippen LogP contribution is -2.39. The highest BCUT2D eigenvalue weighted by Gasteiger charge is 2.38. The Hall–Kier alpha value is -3.93. The van der Waals surface area contributed by atoms with Gasteiger partial charge < -0.3 is 10.1 Å². The van der Waals surface area contributed by atoms with Gasteiger partial charge in [-0.15, -0.1) is 0 Å². The van der Waals surface area contributed by atoms with Crippen LogP contribution in [-0.2, 0) is 12.7 Å². The third kappa shape index (κ3) is 5.40. The number of benzene rings is 1. The van der Waals surface area contributed by atoms with E-state index in [0.29, 0.717) is 48.9 Å². The number of hydrogen-bond donors (Lipinski definition) is 1. The van der Waals surface area contributed by atoms with Gasteiger partial charge in [0.05, 0.1) is 40.6 Å². The molecule has 0 atom stereocenters. The molecule has 4 aromatic rings. The maximum Gasteiger partial charge on any atom is 0.434 e. The summed E-state index contributed by atoms with van der Waals surface area (Å²) in [7, 11) is 1.36. The molecule has 5 rings (SSSR count). The Morgan fingerprint density at radius 1 is 1.12 bits per heavy atom. The van der Waals surface area contributed by atoms with Gasteiger partial charge in [0.2, 0.25) is 0 Å². The Labute approximate surface area is 230 Å². The van der Waals surface area contributed by atoms with Gasteiger partial charge in [-0.05, 0) is 55.9 Å². The second-order valence-electron chi connectivity index (χ2n) is 9.65. The molecule has 1 amide bonds. The topological polar surface area (TPSA) is 91.0 Å². The molecule has 3 aromatic heterocycles. The number of rotatable bonds is 6. The molecule has 40 heavy (non-hydrogen) atoms. The minimum absolute atomic E-state index is 0.0590. The van der Waals surface area contributed by atoms with Gasteiger partial charge in [0.25, 0.3) is 5.91 Å². The molecule has 0 spiro atoms. The minimum atomic E-state index is -4.80. The molecule has 13 heteroatoms. The van der Waals surface area contributed by atoms with Crippen LogP contribution in [0.1, 0.15) is 41.7 Å². The summed E-state index contributed by atoms with van der Waals surface area (Å²) >= 11 is 5.80. The van der Waals surface area contributed by atoms with E-state index < -0.39 is 29.2 Å². The van der Waals surface area contributed by atoms with Crippen molar-refractivity contribution >= 4 is 28.5 Å². The summed E-state index contributed by atoms with van der Waals surface area (Å²) in [4.78, 5) is 33.7. The normalized spacial score (nSPS) is 17.6. The van der Waals surface area contributed by atoms with Crippen molar-refractivity contribution < 1.29 is 27.1 Å². The van der Waals surface area contributed by atoms with Crippen LogP contribution in [0.3, 0.4) is 0 Å². The van der Waals surface area contributed by atoms with Gasteiger partial charge in [-0.25, -0.2) is 14.2 Å². The molecule has 0 saturated heterocycles. The van der Waals surface area contributed by atoms with E-state index in [1.54, 1.807) is 29.1 Å². The Balaban J connectivity index is 1.31. The van der Waals surface area contributed by atoms with Crippen molar-refractivity contribution in [3.63, 3.8) is 0 Å². The number of alkyl halides is 3. The molecule has 0 unspecified atom stereocenters. The van der Waals surface area contributed by atoms with Gasteiger partial charge in [-0.1, -0.05) is 11.6 Å². The number of aromatic nitrogens is 4. The first-order valence-electron chi connectivity index (χ1n) is 12.5. The van der Waals surface area contributed by atoms with E-state index in [1.165, 1.54) is 23.8 Å². The first-order valence-corrected chi connectivity index (χ1v) is 12.9. The van der Waals surface area contributed by atoms with Gasteiger partial charge in [0, 0.05) is 31.0 Å². The molecule has 1 aliphatic carbocycles. The number of carbonyl (C=O) groups excluding carboxylic acids is 1. The second kappa shape index (κ2) is 10.9. The number of amides is 1. The highest BCUT2D eigenvalue weighted by atomic mass is 35.5. The zero-order valence-electron chi connectivity index (χ0n) is 21.2. The number of nitrogens with zero attached hydrogens (tertiary/aromatic N) is 4. The van der Waals surface area contributed by atoms with Crippen LogP contribution in [0.2, 0.25) is 5.02 Å². The predicted octanol–water partition coefficient (Wildman–Crippen LogP) is 5.39. The Bertz CT molecular complexity index is 1630. The molecular formula is C27H24ClF4N5O3. The molecule has 1 aliphatic rings. The number of ether oxygens (including phenoxy) is 1. The van der Waals surface area contributed by atoms with Crippen LogP contribution < -0.4 is 15.7 Å². The number of imidazole rings is 1. The lowest BCUT2D eigenvalue weighted by atomic mass is 9.85. The standard InChI is InChI=1S/C27H24ClF4N5O3/c1-40-23-7-6-18(11-20(23)29)37-22-13-33-9-8-21(22)36(26(37)39)14-15-2-4-17(5-3-15)35-25(38)19-10-16(28)12-34-24(19)27(30,31)32/h6-13,15,17H,2-5,14H2,1H3,(H,35,38). The molecule has 1 aromatic carbocycles. The van der Waals surface area contributed by atoms with Crippen molar-refractivity contribution in [2.45, 2.75) is 44.4 Å². The van der Waals surface area contributed by atoms with E-state index in [4.69, 9.17) is 16.3 Å². The Morgan fingerprint density at radius 2 is 1.88 bits per heavy atom. The summed E-state index contributed by atoms with van der Waals surface area (Å²) in [5, 5.41) is 2.61.